The molecule has 0 unspecified atom stereocenters. The average Bonchev–Trinajstić information content (AvgIpc) is 2.58. The molecule has 3 heteroatoms. The Morgan fingerprint density at radius 2 is 1.17 bits per heavy atom. The number of halogens is 1. The van der Waals surface area contributed by atoms with E-state index in [1.54, 1.807) is 12.1 Å². The second-order valence-corrected chi connectivity index (χ2v) is 6.05. The summed E-state index contributed by atoms with van der Waals surface area (Å²) in [4.78, 5) is 11.7. The van der Waals surface area contributed by atoms with Crippen LogP contribution in [0.3, 0.4) is 0 Å². The Bertz CT molecular complexity index is 793. The lowest BCUT2D eigenvalue weighted by molar-refractivity contribution is -0.133. The van der Waals surface area contributed by atoms with Gasteiger partial charge in [-0.15, -0.1) is 0 Å². The number of hydrogen-bond acceptors (Lipinski definition) is 1. The number of carboxylic acid groups (broad SMARTS) is 1. The topological polar surface area (TPSA) is 37.3 Å². The molecule has 3 aromatic rings. The molecule has 0 aliphatic carbocycles. The molecule has 0 saturated heterocycles. The Balaban J connectivity index is 1.95. The Morgan fingerprint density at radius 1 is 0.696 bits per heavy atom. The van der Waals surface area contributed by atoms with Crippen LogP contribution in [-0.4, -0.2) is 11.1 Å². The van der Waals surface area contributed by atoms with Gasteiger partial charge < -0.3 is 5.11 Å². The maximum Gasteiger partial charge on any atom is 0.320 e. The molecule has 2 nitrogen and oxygen atoms in total. The fraction of sp³-hybridized carbons (Fsp3) is 0. The van der Waals surface area contributed by atoms with Crippen molar-refractivity contribution in [2.45, 2.75) is 0 Å². The van der Waals surface area contributed by atoms with Gasteiger partial charge in [-0.3, -0.25) is 4.79 Å². The normalized spacial score (nSPS) is 10.7. The standard InChI is InChI=1S/C20H14BrO2/c21-18-12-10-17(11-13-18)19(20(22)23)16-8-6-15(7-9-16)14-4-2-1-3-5-14/h1-13H,(H,22,23). The highest BCUT2D eigenvalue weighted by molar-refractivity contribution is 9.10. The minimum atomic E-state index is -0.931. The summed E-state index contributed by atoms with van der Waals surface area (Å²) in [5.41, 5.74) is 3.56. The molecule has 1 N–H and O–H groups in total. The quantitative estimate of drug-likeness (QED) is 0.692. The van der Waals surface area contributed by atoms with Gasteiger partial charge in [0.25, 0.3) is 0 Å². The SMILES string of the molecule is O=C(O)[C](c1ccc(Br)cc1)c1ccc(-c2ccccc2)cc1. The third-order valence-electron chi connectivity index (χ3n) is 3.63. The van der Waals surface area contributed by atoms with Crippen molar-refractivity contribution < 1.29 is 9.90 Å². The van der Waals surface area contributed by atoms with E-state index in [-0.39, 0.29) is 0 Å². The Kier molecular flexibility index (Phi) is 4.58. The van der Waals surface area contributed by atoms with E-state index in [2.05, 4.69) is 15.9 Å². The van der Waals surface area contributed by atoms with Gasteiger partial charge in [-0.25, -0.2) is 0 Å². The van der Waals surface area contributed by atoms with Crippen LogP contribution in [0.15, 0.2) is 83.3 Å². The molecule has 113 valence electrons. The van der Waals surface area contributed by atoms with Crippen LogP contribution in [-0.2, 0) is 4.79 Å². The molecule has 3 rings (SSSR count). The van der Waals surface area contributed by atoms with E-state index < -0.39 is 5.97 Å². The van der Waals surface area contributed by atoms with Gasteiger partial charge in [0.2, 0.25) is 0 Å². The fourth-order valence-electron chi connectivity index (χ4n) is 2.49. The Morgan fingerprint density at radius 3 is 1.70 bits per heavy atom. The minimum Gasteiger partial charge on any atom is -0.480 e. The highest BCUT2D eigenvalue weighted by atomic mass is 79.9. The third-order valence-corrected chi connectivity index (χ3v) is 4.16. The van der Waals surface area contributed by atoms with Crippen LogP contribution < -0.4 is 0 Å². The second-order valence-electron chi connectivity index (χ2n) is 5.13. The highest BCUT2D eigenvalue weighted by Gasteiger charge is 2.23. The monoisotopic (exact) mass is 365 g/mol. The lowest BCUT2D eigenvalue weighted by atomic mass is 9.90. The molecule has 0 aliphatic heterocycles. The molecule has 0 bridgehead atoms. The van der Waals surface area contributed by atoms with Crippen LogP contribution in [0.1, 0.15) is 11.1 Å². The van der Waals surface area contributed by atoms with Crippen LogP contribution in [0.2, 0.25) is 0 Å². The summed E-state index contributed by atoms with van der Waals surface area (Å²) in [7, 11) is 0. The van der Waals surface area contributed by atoms with Crippen molar-refractivity contribution in [3.8, 4) is 11.1 Å². The van der Waals surface area contributed by atoms with Crippen LogP contribution in [0, 0.1) is 5.92 Å². The van der Waals surface area contributed by atoms with Crippen LogP contribution >= 0.6 is 15.9 Å². The van der Waals surface area contributed by atoms with Crippen molar-refractivity contribution in [3.05, 3.63) is 100 Å². The van der Waals surface area contributed by atoms with Gasteiger partial charge in [0, 0.05) is 4.47 Å². The van der Waals surface area contributed by atoms with Crippen molar-refractivity contribution in [3.63, 3.8) is 0 Å². The molecule has 1 radical (unpaired) electrons. The molecule has 0 aromatic heterocycles. The molecular formula is C20H14BrO2. The summed E-state index contributed by atoms with van der Waals surface area (Å²) >= 11 is 3.37. The molecule has 0 aliphatic rings. The molecule has 0 saturated carbocycles. The summed E-state index contributed by atoms with van der Waals surface area (Å²) in [6.07, 6.45) is 0. The summed E-state index contributed by atoms with van der Waals surface area (Å²) in [6.45, 7) is 0. The van der Waals surface area contributed by atoms with Gasteiger partial charge in [-0.05, 0) is 34.4 Å². The zero-order valence-corrected chi connectivity index (χ0v) is 13.8. The number of hydrogen-bond donors (Lipinski definition) is 1. The van der Waals surface area contributed by atoms with Crippen LogP contribution in [0.25, 0.3) is 11.1 Å². The Labute approximate surface area is 143 Å². The first-order valence-electron chi connectivity index (χ1n) is 7.17. The van der Waals surface area contributed by atoms with Crippen LogP contribution in [0.5, 0.6) is 0 Å². The average molecular weight is 366 g/mol. The van der Waals surface area contributed by atoms with Gasteiger partial charge in [-0.2, -0.15) is 0 Å². The molecule has 3 aromatic carbocycles. The first-order chi connectivity index (χ1) is 11.1. The summed E-state index contributed by atoms with van der Waals surface area (Å²) in [6, 6.07) is 24.9. The first kappa shape index (κ1) is 15.5. The van der Waals surface area contributed by atoms with Crippen molar-refractivity contribution >= 4 is 21.9 Å². The zero-order valence-electron chi connectivity index (χ0n) is 12.2. The van der Waals surface area contributed by atoms with Crippen LogP contribution in [0.4, 0.5) is 0 Å². The summed E-state index contributed by atoms with van der Waals surface area (Å²) < 4.78 is 0.922. The summed E-state index contributed by atoms with van der Waals surface area (Å²) in [5, 5.41) is 9.59. The van der Waals surface area contributed by atoms with Crippen molar-refractivity contribution in [2.24, 2.45) is 0 Å². The van der Waals surface area contributed by atoms with E-state index in [1.165, 1.54) is 0 Å². The molecule has 23 heavy (non-hydrogen) atoms. The van der Waals surface area contributed by atoms with Crippen molar-refractivity contribution in [1.29, 1.82) is 0 Å². The molecule has 0 heterocycles. The lowest BCUT2D eigenvalue weighted by Crippen LogP contribution is -2.14. The number of carbonyl (C=O) groups is 1. The molecule has 0 spiro atoms. The number of carboxylic acids is 1. The maximum atomic E-state index is 11.7. The Hall–Kier alpha value is -2.39. The van der Waals surface area contributed by atoms with Gasteiger partial charge in [0.05, 0.1) is 0 Å². The largest absolute Gasteiger partial charge is 0.480 e. The highest BCUT2D eigenvalue weighted by Crippen LogP contribution is 2.28. The van der Waals surface area contributed by atoms with E-state index in [4.69, 9.17) is 0 Å². The van der Waals surface area contributed by atoms with E-state index in [9.17, 15) is 9.90 Å². The van der Waals surface area contributed by atoms with Crippen molar-refractivity contribution in [1.82, 2.24) is 0 Å². The zero-order chi connectivity index (χ0) is 16.2. The predicted octanol–water partition coefficient (Wildman–Crippen LogP) is 5.17. The van der Waals surface area contributed by atoms with E-state index in [0.29, 0.717) is 17.0 Å². The van der Waals surface area contributed by atoms with Gasteiger partial charge in [-0.1, -0.05) is 82.7 Å². The van der Waals surface area contributed by atoms with E-state index in [1.807, 2.05) is 66.7 Å². The van der Waals surface area contributed by atoms with E-state index in [0.717, 1.165) is 15.6 Å². The number of benzene rings is 3. The number of aliphatic carboxylic acids is 1. The first-order valence-corrected chi connectivity index (χ1v) is 7.96. The maximum absolute atomic E-state index is 11.7. The number of rotatable bonds is 4. The second kappa shape index (κ2) is 6.80. The molecule has 0 amide bonds. The lowest BCUT2D eigenvalue weighted by Gasteiger charge is -2.13. The van der Waals surface area contributed by atoms with Gasteiger partial charge in [0.1, 0.15) is 5.92 Å². The van der Waals surface area contributed by atoms with Crippen molar-refractivity contribution in [2.75, 3.05) is 0 Å². The molecular weight excluding hydrogens is 352 g/mol. The molecule has 0 fully saturated rings. The fourth-order valence-corrected chi connectivity index (χ4v) is 2.75. The van der Waals surface area contributed by atoms with Gasteiger partial charge >= 0.3 is 5.97 Å². The van der Waals surface area contributed by atoms with E-state index >= 15 is 0 Å². The summed E-state index contributed by atoms with van der Waals surface area (Å²) in [5.74, 6) is -0.628. The predicted molar refractivity (Wildman–Crippen MR) is 95.1 cm³/mol. The third kappa shape index (κ3) is 3.51. The smallest absolute Gasteiger partial charge is 0.320 e. The van der Waals surface area contributed by atoms with Gasteiger partial charge in [0.15, 0.2) is 0 Å². The molecule has 0 atom stereocenters. The minimum absolute atomic E-state index is 0.303.